The predicted octanol–water partition coefficient (Wildman–Crippen LogP) is 2.40. The van der Waals surface area contributed by atoms with Crippen molar-refractivity contribution in [3.63, 3.8) is 0 Å². The largest absolute Gasteiger partial charge is 0.371 e. The zero-order valence-electron chi connectivity index (χ0n) is 14.1. The van der Waals surface area contributed by atoms with Crippen LogP contribution >= 0.6 is 0 Å². The number of anilines is 2. The fraction of sp³-hybridized carbons (Fsp3) is 0.556. The Labute approximate surface area is 143 Å². The van der Waals surface area contributed by atoms with E-state index >= 15 is 0 Å². The smallest absolute Gasteiger partial charge is 0.220 e. The van der Waals surface area contributed by atoms with E-state index in [0.29, 0.717) is 11.9 Å². The zero-order valence-corrected chi connectivity index (χ0v) is 14.1. The minimum absolute atomic E-state index is 0.307. The molecule has 24 heavy (non-hydrogen) atoms. The van der Waals surface area contributed by atoms with Gasteiger partial charge in [0.25, 0.3) is 0 Å². The van der Waals surface area contributed by atoms with Gasteiger partial charge in [-0.05, 0) is 56.7 Å². The maximum absolute atomic E-state index is 6.31. The quantitative estimate of drug-likeness (QED) is 0.874. The van der Waals surface area contributed by atoms with Gasteiger partial charge in [0.2, 0.25) is 11.9 Å². The van der Waals surface area contributed by atoms with Crippen LogP contribution in [0.25, 0.3) is 0 Å². The lowest BCUT2D eigenvalue weighted by Gasteiger charge is -2.45. The van der Waals surface area contributed by atoms with Gasteiger partial charge < -0.3 is 16.4 Å². The number of hydrogen-bond acceptors (Lipinski definition) is 6. The van der Waals surface area contributed by atoms with Crippen LogP contribution in [0.1, 0.15) is 44.9 Å². The second kappa shape index (κ2) is 6.00. The molecular weight excluding hydrogens is 300 g/mol. The molecule has 1 saturated heterocycles. The molecule has 6 nitrogen and oxygen atoms in total. The van der Waals surface area contributed by atoms with E-state index in [0.717, 1.165) is 44.5 Å². The SMILES string of the molecule is NC1=NC2(CCCCC2)N(c2cccc(N3CCCC3)c2)C(N)=N1. The van der Waals surface area contributed by atoms with Crippen LogP contribution in [-0.2, 0) is 0 Å². The van der Waals surface area contributed by atoms with Crippen molar-refractivity contribution >= 4 is 23.3 Å². The number of nitrogens with two attached hydrogens (primary N) is 2. The summed E-state index contributed by atoms with van der Waals surface area (Å²) in [5, 5.41) is 0. The Morgan fingerprint density at radius 2 is 1.62 bits per heavy atom. The van der Waals surface area contributed by atoms with Crippen molar-refractivity contribution in [2.75, 3.05) is 22.9 Å². The monoisotopic (exact) mass is 326 g/mol. The van der Waals surface area contributed by atoms with Crippen LogP contribution in [-0.4, -0.2) is 30.7 Å². The number of guanidine groups is 2. The standard InChI is InChI=1S/C18H26N6/c19-16-21-17(20)24(18(22-16)9-2-1-3-10-18)15-8-6-7-14(13-15)23-11-4-5-12-23/h6-8,13H,1-5,9-12H2,(H4,19,20,21,22). The number of nitrogens with zero attached hydrogens (tertiary/aromatic N) is 4. The van der Waals surface area contributed by atoms with Gasteiger partial charge in [-0.1, -0.05) is 12.5 Å². The average molecular weight is 326 g/mol. The summed E-state index contributed by atoms with van der Waals surface area (Å²) in [6.07, 6.45) is 8.01. The van der Waals surface area contributed by atoms with Crippen LogP contribution in [0.4, 0.5) is 11.4 Å². The predicted molar refractivity (Wildman–Crippen MR) is 99.4 cm³/mol. The van der Waals surface area contributed by atoms with Gasteiger partial charge in [-0.3, -0.25) is 4.90 Å². The summed E-state index contributed by atoms with van der Waals surface area (Å²) < 4.78 is 0. The van der Waals surface area contributed by atoms with E-state index in [1.165, 1.54) is 24.9 Å². The molecule has 2 fully saturated rings. The highest BCUT2D eigenvalue weighted by Gasteiger charge is 2.42. The van der Waals surface area contributed by atoms with Crippen molar-refractivity contribution < 1.29 is 0 Å². The summed E-state index contributed by atoms with van der Waals surface area (Å²) in [5.41, 5.74) is 14.2. The molecule has 0 aromatic heterocycles. The molecular formula is C18H26N6. The Morgan fingerprint density at radius 3 is 2.38 bits per heavy atom. The summed E-state index contributed by atoms with van der Waals surface area (Å²) >= 11 is 0. The molecule has 0 atom stereocenters. The third-order valence-corrected chi connectivity index (χ3v) is 5.41. The molecule has 0 unspecified atom stereocenters. The van der Waals surface area contributed by atoms with Gasteiger partial charge in [0.05, 0.1) is 0 Å². The molecule has 0 radical (unpaired) electrons. The van der Waals surface area contributed by atoms with Gasteiger partial charge in [-0.2, -0.15) is 4.99 Å². The van der Waals surface area contributed by atoms with Crippen LogP contribution in [0, 0.1) is 0 Å². The Hall–Kier alpha value is -2.24. The van der Waals surface area contributed by atoms with E-state index in [1.807, 2.05) is 0 Å². The van der Waals surface area contributed by atoms with Gasteiger partial charge >= 0.3 is 0 Å². The molecule has 1 saturated carbocycles. The van der Waals surface area contributed by atoms with Crippen molar-refractivity contribution in [3.05, 3.63) is 24.3 Å². The number of benzene rings is 1. The Bertz CT molecular complexity index is 668. The molecule has 2 heterocycles. The van der Waals surface area contributed by atoms with Crippen LogP contribution < -0.4 is 21.3 Å². The molecule has 0 bridgehead atoms. The van der Waals surface area contributed by atoms with E-state index < -0.39 is 0 Å². The van der Waals surface area contributed by atoms with Crippen LogP contribution in [0.2, 0.25) is 0 Å². The number of aliphatic imine (C=N–C) groups is 2. The molecule has 1 aromatic rings. The summed E-state index contributed by atoms with van der Waals surface area (Å²) in [4.78, 5) is 13.5. The molecule has 4 rings (SSSR count). The molecule has 4 N–H and O–H groups in total. The van der Waals surface area contributed by atoms with Crippen LogP contribution in [0.5, 0.6) is 0 Å². The first-order valence-electron chi connectivity index (χ1n) is 9.03. The lowest BCUT2D eigenvalue weighted by molar-refractivity contribution is 0.305. The van der Waals surface area contributed by atoms with E-state index in [4.69, 9.17) is 16.5 Å². The van der Waals surface area contributed by atoms with Crippen molar-refractivity contribution in [1.29, 1.82) is 0 Å². The minimum atomic E-state index is -0.363. The van der Waals surface area contributed by atoms with Gasteiger partial charge in [-0.15, -0.1) is 0 Å². The maximum atomic E-state index is 6.31. The van der Waals surface area contributed by atoms with Gasteiger partial charge in [0.1, 0.15) is 5.66 Å². The lowest BCUT2D eigenvalue weighted by Crippen LogP contribution is -2.58. The first kappa shape index (κ1) is 15.3. The Balaban J connectivity index is 1.73. The van der Waals surface area contributed by atoms with E-state index in [2.05, 4.69) is 39.1 Å². The zero-order chi connectivity index (χ0) is 16.6. The van der Waals surface area contributed by atoms with Gasteiger partial charge in [0, 0.05) is 24.5 Å². The fourth-order valence-electron chi connectivity index (χ4n) is 4.30. The summed E-state index contributed by atoms with van der Waals surface area (Å²) in [6.45, 7) is 2.26. The van der Waals surface area contributed by atoms with E-state index in [1.54, 1.807) is 0 Å². The van der Waals surface area contributed by atoms with E-state index in [9.17, 15) is 0 Å². The number of hydrogen-bond donors (Lipinski definition) is 2. The second-order valence-corrected chi connectivity index (χ2v) is 7.03. The maximum Gasteiger partial charge on any atom is 0.220 e. The first-order chi connectivity index (χ1) is 11.7. The number of rotatable bonds is 2. The molecule has 128 valence electrons. The summed E-state index contributed by atoms with van der Waals surface area (Å²) in [7, 11) is 0. The Kier molecular flexibility index (Phi) is 3.82. The normalized spacial score (nSPS) is 23.3. The summed E-state index contributed by atoms with van der Waals surface area (Å²) in [5.74, 6) is 0.768. The van der Waals surface area contributed by atoms with E-state index in [-0.39, 0.29) is 5.66 Å². The molecule has 0 amide bonds. The molecule has 6 heteroatoms. The molecule has 1 spiro atoms. The van der Waals surface area contributed by atoms with Gasteiger partial charge in [0.15, 0.2) is 0 Å². The van der Waals surface area contributed by atoms with Crippen molar-refractivity contribution in [1.82, 2.24) is 0 Å². The first-order valence-corrected chi connectivity index (χ1v) is 9.03. The van der Waals surface area contributed by atoms with Crippen molar-refractivity contribution in [3.8, 4) is 0 Å². The second-order valence-electron chi connectivity index (χ2n) is 7.03. The average Bonchev–Trinajstić information content (AvgIpc) is 3.09. The minimum Gasteiger partial charge on any atom is -0.371 e. The van der Waals surface area contributed by atoms with Crippen molar-refractivity contribution in [2.45, 2.75) is 50.6 Å². The topological polar surface area (TPSA) is 83.2 Å². The Morgan fingerprint density at radius 1 is 0.917 bits per heavy atom. The lowest BCUT2D eigenvalue weighted by atomic mass is 9.87. The molecule has 3 aliphatic rings. The molecule has 1 aliphatic carbocycles. The highest BCUT2D eigenvalue weighted by Crippen LogP contribution is 2.40. The fourth-order valence-corrected chi connectivity index (χ4v) is 4.30. The van der Waals surface area contributed by atoms with Crippen LogP contribution in [0.15, 0.2) is 34.3 Å². The third-order valence-electron chi connectivity index (χ3n) is 5.41. The molecule has 2 aliphatic heterocycles. The van der Waals surface area contributed by atoms with Gasteiger partial charge in [-0.25, -0.2) is 4.99 Å². The van der Waals surface area contributed by atoms with Crippen molar-refractivity contribution in [2.24, 2.45) is 21.5 Å². The highest BCUT2D eigenvalue weighted by atomic mass is 15.4. The van der Waals surface area contributed by atoms with Crippen LogP contribution in [0.3, 0.4) is 0 Å². The highest BCUT2D eigenvalue weighted by molar-refractivity contribution is 6.05. The summed E-state index contributed by atoms with van der Waals surface area (Å²) in [6, 6.07) is 8.61. The third kappa shape index (κ3) is 2.60. The molecule has 1 aromatic carbocycles.